The van der Waals surface area contributed by atoms with Crippen molar-refractivity contribution in [1.82, 2.24) is 10.6 Å². The number of carbonyl (C=O) groups excluding carboxylic acids is 1. The van der Waals surface area contributed by atoms with Crippen molar-refractivity contribution in [3.05, 3.63) is 11.8 Å². The van der Waals surface area contributed by atoms with Gasteiger partial charge in [0.25, 0.3) is 0 Å². The molecule has 0 aromatic rings. The molecular weight excluding hydrogens is 598 g/mol. The van der Waals surface area contributed by atoms with Crippen LogP contribution in [0.5, 0.6) is 0 Å². The van der Waals surface area contributed by atoms with E-state index in [1.54, 1.807) is 0 Å². The molecule has 7 unspecified atom stereocenters. The molecule has 0 aromatic carbocycles. The van der Waals surface area contributed by atoms with E-state index in [-0.39, 0.29) is 58.1 Å². The minimum atomic E-state index is -1.47. The van der Waals surface area contributed by atoms with Gasteiger partial charge in [-0.25, -0.2) is 0 Å². The quantitative estimate of drug-likeness (QED) is 0.0616. The van der Waals surface area contributed by atoms with E-state index in [1.165, 1.54) is 14.0 Å². The maximum absolute atomic E-state index is 12.8. The Bertz CT molecular complexity index is 956. The molecule has 0 aromatic heterocycles. The lowest BCUT2D eigenvalue weighted by Crippen LogP contribution is -2.67. The zero-order valence-corrected chi connectivity index (χ0v) is 25.9. The topological polar surface area (TPSA) is 316 Å². The summed E-state index contributed by atoms with van der Waals surface area (Å²) in [5, 5.41) is 66.7. The predicted octanol–water partition coefficient (Wildman–Crippen LogP) is -5.25. The third kappa shape index (κ3) is 12.5. The third-order valence-electron chi connectivity index (χ3n) is 7.41. The van der Waals surface area contributed by atoms with E-state index < -0.39 is 72.8 Å². The zero-order chi connectivity index (χ0) is 33.7. The summed E-state index contributed by atoms with van der Waals surface area (Å²) >= 11 is 0. The standard InChI is InChI=1S/C26H48N6O11.CH5N/c1-26(39)8-18(36)24(40-12-26)43-22-16(32-23(38)17(35)5-6-31-25(28)29)7-15(27)21(20(22)37)42-19-4-2-3-14(41-19)10-30-9-13(34)11-33;1-2/h3,13,15-22,24,30,33-37,39H,2,4-12,27H2,1H3,(H,32,38)(H4,28,29,31);2H2,1H3/t13?,15?,16?,17?,18?,19-,20?,21-,22+,24?,26-;/m1./s1. The first-order chi connectivity index (χ1) is 21.3. The van der Waals surface area contributed by atoms with E-state index in [4.69, 9.17) is 41.3 Å². The summed E-state index contributed by atoms with van der Waals surface area (Å²) in [6.07, 6.45) is -6.36. The highest BCUT2D eigenvalue weighted by atomic mass is 16.7. The second-order valence-corrected chi connectivity index (χ2v) is 11.5. The van der Waals surface area contributed by atoms with Crippen molar-refractivity contribution in [3.63, 3.8) is 0 Å². The second-order valence-electron chi connectivity index (χ2n) is 11.5. The Hall–Kier alpha value is -2.20. The lowest BCUT2D eigenvalue weighted by molar-refractivity contribution is -0.297. The fraction of sp³-hybridized carbons (Fsp3) is 0.852. The van der Waals surface area contributed by atoms with Gasteiger partial charge in [-0.15, -0.1) is 0 Å². The highest BCUT2D eigenvalue weighted by molar-refractivity contribution is 5.81. The number of nitrogens with zero attached hydrogens (tertiary/aromatic N) is 1. The highest BCUT2D eigenvalue weighted by Gasteiger charge is 2.49. The average Bonchev–Trinajstić information content (AvgIpc) is 2.98. The predicted molar refractivity (Wildman–Crippen MR) is 161 cm³/mol. The van der Waals surface area contributed by atoms with Gasteiger partial charge in [0, 0.05) is 38.4 Å². The van der Waals surface area contributed by atoms with E-state index >= 15 is 0 Å². The molecule has 1 aliphatic carbocycles. The molecule has 1 saturated carbocycles. The molecule has 1 saturated heterocycles. The molecule has 45 heavy (non-hydrogen) atoms. The van der Waals surface area contributed by atoms with Crippen molar-refractivity contribution in [2.75, 3.05) is 39.9 Å². The monoisotopic (exact) mass is 651 g/mol. The molecule has 0 radical (unpaired) electrons. The molecule has 262 valence electrons. The number of guanidine groups is 1. The van der Waals surface area contributed by atoms with Crippen molar-refractivity contribution in [3.8, 4) is 0 Å². The molecule has 2 heterocycles. The summed E-state index contributed by atoms with van der Waals surface area (Å²) in [7, 11) is 1.50. The number of ether oxygens (including phenoxy) is 4. The van der Waals surface area contributed by atoms with Crippen molar-refractivity contribution < 1.29 is 54.4 Å². The summed E-state index contributed by atoms with van der Waals surface area (Å²) in [4.78, 5) is 16.6. The molecule has 2 aliphatic heterocycles. The summed E-state index contributed by atoms with van der Waals surface area (Å²) in [5.74, 6) is -0.390. The molecule has 18 nitrogen and oxygen atoms in total. The van der Waals surface area contributed by atoms with Crippen LogP contribution in [0.3, 0.4) is 0 Å². The summed E-state index contributed by atoms with van der Waals surface area (Å²) in [6, 6.07) is -1.72. The first-order valence-electron chi connectivity index (χ1n) is 15.0. The molecule has 16 N–H and O–H groups in total. The van der Waals surface area contributed by atoms with E-state index in [0.717, 1.165) is 0 Å². The SMILES string of the molecule is CN.C[C@]1(O)COC(O[C@H]2C(NC(=O)C(O)CCN=C(N)N)CC(N)[C@@H](O[C@@H]3CCC=C(CNCC(O)CO)O3)C2O)C(O)C1. The van der Waals surface area contributed by atoms with Crippen LogP contribution in [0.15, 0.2) is 16.8 Å². The number of carbonyl (C=O) groups is 1. The average molecular weight is 652 g/mol. The zero-order valence-electron chi connectivity index (χ0n) is 25.9. The highest BCUT2D eigenvalue weighted by Crippen LogP contribution is 2.32. The van der Waals surface area contributed by atoms with E-state index in [1.807, 2.05) is 6.08 Å². The lowest BCUT2D eigenvalue weighted by atomic mass is 9.83. The lowest BCUT2D eigenvalue weighted by Gasteiger charge is -2.47. The van der Waals surface area contributed by atoms with Crippen molar-refractivity contribution in [2.45, 2.75) is 106 Å². The van der Waals surface area contributed by atoms with E-state index in [0.29, 0.717) is 18.6 Å². The third-order valence-corrected chi connectivity index (χ3v) is 7.41. The van der Waals surface area contributed by atoms with Gasteiger partial charge in [-0.05, 0) is 32.9 Å². The Morgan fingerprint density at radius 3 is 2.58 bits per heavy atom. The van der Waals surface area contributed by atoms with Gasteiger partial charge in [-0.2, -0.15) is 0 Å². The van der Waals surface area contributed by atoms with Crippen LogP contribution in [0.4, 0.5) is 0 Å². The minimum Gasteiger partial charge on any atom is -0.468 e. The Morgan fingerprint density at radius 1 is 1.22 bits per heavy atom. The van der Waals surface area contributed by atoms with Crippen LogP contribution >= 0.6 is 0 Å². The van der Waals surface area contributed by atoms with Crippen molar-refractivity contribution in [2.24, 2.45) is 27.9 Å². The van der Waals surface area contributed by atoms with Gasteiger partial charge in [-0.3, -0.25) is 9.79 Å². The van der Waals surface area contributed by atoms with Gasteiger partial charge in [0.2, 0.25) is 5.91 Å². The normalized spacial score (nSPS) is 34.7. The van der Waals surface area contributed by atoms with Gasteiger partial charge in [0.05, 0.1) is 37.5 Å². The van der Waals surface area contributed by atoms with Crippen molar-refractivity contribution >= 4 is 11.9 Å². The number of allylic oxidation sites excluding steroid dienone is 1. The van der Waals surface area contributed by atoms with E-state index in [2.05, 4.69) is 21.4 Å². The number of hydrogen-bond acceptors (Lipinski definition) is 15. The number of hydrogen-bond donors (Lipinski definition) is 12. The minimum absolute atomic E-state index is 0.0109. The largest absolute Gasteiger partial charge is 0.468 e. The molecule has 1 amide bonds. The number of nitrogens with two attached hydrogens (primary N) is 4. The molecule has 18 heteroatoms. The number of aliphatic imine (C=N–C) groups is 1. The first-order valence-corrected chi connectivity index (χ1v) is 15.0. The summed E-state index contributed by atoms with van der Waals surface area (Å²) < 4.78 is 23.6. The summed E-state index contributed by atoms with van der Waals surface area (Å²) in [6.45, 7) is 1.45. The number of amides is 1. The van der Waals surface area contributed by atoms with Crippen LogP contribution < -0.4 is 33.6 Å². The Balaban J connectivity index is 0.00000345. The van der Waals surface area contributed by atoms with Crippen LogP contribution in [-0.4, -0.2) is 149 Å². The Morgan fingerprint density at radius 2 is 1.93 bits per heavy atom. The number of rotatable bonds is 14. The molecule has 3 rings (SSSR count). The maximum atomic E-state index is 12.8. The molecule has 2 fully saturated rings. The van der Waals surface area contributed by atoms with Crippen LogP contribution in [0.1, 0.15) is 39.0 Å². The molecule has 0 spiro atoms. The van der Waals surface area contributed by atoms with Gasteiger partial charge in [0.15, 0.2) is 18.5 Å². The van der Waals surface area contributed by atoms with Gasteiger partial charge < -0.3 is 83.2 Å². The Kier molecular flexibility index (Phi) is 16.3. The Labute approximate surface area is 262 Å². The van der Waals surface area contributed by atoms with Crippen LogP contribution in [-0.2, 0) is 23.7 Å². The van der Waals surface area contributed by atoms with Crippen LogP contribution in [0.25, 0.3) is 0 Å². The molecular formula is C27H53N7O11. The van der Waals surface area contributed by atoms with Crippen LogP contribution in [0.2, 0.25) is 0 Å². The molecule has 11 atom stereocenters. The van der Waals surface area contributed by atoms with Crippen molar-refractivity contribution in [1.29, 1.82) is 0 Å². The second kappa shape index (κ2) is 18.8. The van der Waals surface area contributed by atoms with E-state index in [9.17, 15) is 30.3 Å². The van der Waals surface area contributed by atoms with Gasteiger partial charge in [-0.1, -0.05) is 0 Å². The maximum Gasteiger partial charge on any atom is 0.249 e. The van der Waals surface area contributed by atoms with Crippen LogP contribution in [0, 0.1) is 0 Å². The van der Waals surface area contributed by atoms with Gasteiger partial charge >= 0.3 is 0 Å². The summed E-state index contributed by atoms with van der Waals surface area (Å²) in [5.41, 5.74) is 20.2. The number of nitrogens with one attached hydrogen (secondary N) is 2. The molecule has 3 aliphatic rings. The van der Waals surface area contributed by atoms with Gasteiger partial charge in [0.1, 0.15) is 36.3 Å². The number of aliphatic hydroxyl groups excluding tert-OH is 5. The smallest absolute Gasteiger partial charge is 0.249 e. The molecule has 0 bridgehead atoms. The fourth-order valence-corrected chi connectivity index (χ4v) is 5.19. The number of aliphatic hydroxyl groups is 6. The fourth-order valence-electron chi connectivity index (χ4n) is 5.19. The first kappa shape index (κ1) is 39.0.